The van der Waals surface area contributed by atoms with Gasteiger partial charge in [-0.1, -0.05) is 12.1 Å². The Morgan fingerprint density at radius 3 is 2.38 bits per heavy atom. The van der Waals surface area contributed by atoms with Crippen molar-refractivity contribution in [2.45, 2.75) is 10.4 Å². The summed E-state index contributed by atoms with van der Waals surface area (Å²) in [5.74, 6) is 0. The summed E-state index contributed by atoms with van der Waals surface area (Å²) in [5.41, 5.74) is -5.22. The van der Waals surface area contributed by atoms with Gasteiger partial charge in [0, 0.05) is 5.39 Å². The average molecular weight is 250 g/mol. The first-order chi connectivity index (χ1) is 7.34. The molecule has 1 heterocycles. The van der Waals surface area contributed by atoms with Gasteiger partial charge in [0.05, 0.1) is 0 Å². The van der Waals surface area contributed by atoms with Gasteiger partial charge < -0.3 is 4.42 Å². The number of sulfone groups is 1. The summed E-state index contributed by atoms with van der Waals surface area (Å²) in [4.78, 5) is -0.851. The van der Waals surface area contributed by atoms with Crippen molar-refractivity contribution in [2.24, 2.45) is 0 Å². The second kappa shape index (κ2) is 3.24. The van der Waals surface area contributed by atoms with Crippen LogP contribution in [0.2, 0.25) is 0 Å². The van der Waals surface area contributed by atoms with Gasteiger partial charge in [-0.25, -0.2) is 8.42 Å². The van der Waals surface area contributed by atoms with E-state index in [1.165, 1.54) is 24.3 Å². The molecule has 2 aromatic rings. The first-order valence-corrected chi connectivity index (χ1v) is 5.60. The predicted octanol–water partition coefficient (Wildman–Crippen LogP) is 2.73. The molecule has 1 aromatic heterocycles. The topological polar surface area (TPSA) is 47.3 Å². The Bertz CT molecular complexity index is 625. The Labute approximate surface area is 88.4 Å². The molecule has 0 N–H and O–H groups in total. The molecule has 2 rings (SSSR count). The molecule has 1 aromatic carbocycles. The molecule has 16 heavy (non-hydrogen) atoms. The number of hydrogen-bond donors (Lipinski definition) is 0. The molecule has 0 spiro atoms. The molecular weight excluding hydrogens is 245 g/mol. The Balaban J connectivity index is 2.75. The SMILES string of the molecule is O=S(=O)(c1coc2ccccc12)C(F)(F)F. The fourth-order valence-corrected chi connectivity index (χ4v) is 2.17. The summed E-state index contributed by atoms with van der Waals surface area (Å²) in [7, 11) is -5.35. The number of para-hydroxylation sites is 1. The smallest absolute Gasteiger partial charge is 0.463 e. The lowest BCUT2D eigenvalue weighted by Gasteiger charge is -2.05. The number of halogens is 3. The average Bonchev–Trinajstić information content (AvgIpc) is 2.59. The van der Waals surface area contributed by atoms with E-state index in [1.807, 2.05) is 0 Å². The van der Waals surface area contributed by atoms with E-state index in [4.69, 9.17) is 4.42 Å². The van der Waals surface area contributed by atoms with E-state index in [9.17, 15) is 21.6 Å². The van der Waals surface area contributed by atoms with Crippen molar-refractivity contribution in [2.75, 3.05) is 0 Å². The largest absolute Gasteiger partial charge is 0.502 e. The minimum atomic E-state index is -5.35. The highest BCUT2D eigenvalue weighted by atomic mass is 32.2. The van der Waals surface area contributed by atoms with Crippen molar-refractivity contribution in [1.82, 2.24) is 0 Å². The lowest BCUT2D eigenvalue weighted by Crippen LogP contribution is -2.22. The number of benzene rings is 1. The van der Waals surface area contributed by atoms with Crippen LogP contribution in [0.4, 0.5) is 13.2 Å². The Morgan fingerprint density at radius 2 is 1.75 bits per heavy atom. The van der Waals surface area contributed by atoms with Crippen LogP contribution >= 0.6 is 0 Å². The maximum Gasteiger partial charge on any atom is 0.502 e. The van der Waals surface area contributed by atoms with E-state index in [0.29, 0.717) is 6.26 Å². The minimum absolute atomic E-state index is 0.0696. The van der Waals surface area contributed by atoms with Crippen LogP contribution in [0.3, 0.4) is 0 Å². The minimum Gasteiger partial charge on any atom is -0.463 e. The van der Waals surface area contributed by atoms with E-state index in [0.717, 1.165) is 0 Å². The molecule has 0 bridgehead atoms. The summed E-state index contributed by atoms with van der Waals surface area (Å²) in [6.45, 7) is 0. The molecule has 86 valence electrons. The van der Waals surface area contributed by atoms with Crippen molar-refractivity contribution in [1.29, 1.82) is 0 Å². The van der Waals surface area contributed by atoms with E-state index in [2.05, 4.69) is 0 Å². The second-order valence-corrected chi connectivity index (χ2v) is 4.95. The van der Waals surface area contributed by atoms with Gasteiger partial charge in [0.15, 0.2) is 0 Å². The van der Waals surface area contributed by atoms with Gasteiger partial charge in [-0.2, -0.15) is 13.2 Å². The first-order valence-electron chi connectivity index (χ1n) is 4.11. The number of rotatable bonds is 1. The Hall–Kier alpha value is -1.50. The second-order valence-electron chi connectivity index (χ2n) is 3.05. The van der Waals surface area contributed by atoms with Gasteiger partial charge in [0.25, 0.3) is 9.84 Å². The van der Waals surface area contributed by atoms with Gasteiger partial charge in [-0.05, 0) is 12.1 Å². The molecule has 0 saturated heterocycles. The van der Waals surface area contributed by atoms with Crippen LogP contribution in [0.15, 0.2) is 39.8 Å². The standard InChI is InChI=1S/C9H5F3O3S/c10-9(11,12)16(13,14)8-5-15-7-4-2-1-3-6(7)8/h1-5H. The summed E-state index contributed by atoms with van der Waals surface area (Å²) >= 11 is 0. The summed E-state index contributed by atoms with van der Waals surface area (Å²) in [6, 6.07) is 5.63. The van der Waals surface area contributed by atoms with Crippen LogP contribution in [-0.2, 0) is 9.84 Å². The number of fused-ring (bicyclic) bond motifs is 1. The molecule has 0 aliphatic carbocycles. The molecule has 0 unspecified atom stereocenters. The first kappa shape index (κ1) is 11.0. The van der Waals surface area contributed by atoms with Gasteiger partial charge in [-0.3, -0.25) is 0 Å². The van der Waals surface area contributed by atoms with Crippen LogP contribution in [0, 0.1) is 0 Å². The van der Waals surface area contributed by atoms with Gasteiger partial charge >= 0.3 is 5.51 Å². The maximum atomic E-state index is 12.3. The lowest BCUT2D eigenvalue weighted by molar-refractivity contribution is -0.0435. The highest BCUT2D eigenvalue weighted by molar-refractivity contribution is 7.92. The van der Waals surface area contributed by atoms with Crippen molar-refractivity contribution in [3.63, 3.8) is 0 Å². The van der Waals surface area contributed by atoms with E-state index in [-0.39, 0.29) is 11.0 Å². The van der Waals surface area contributed by atoms with Crippen LogP contribution in [0.1, 0.15) is 0 Å². The van der Waals surface area contributed by atoms with Crippen LogP contribution < -0.4 is 0 Å². The van der Waals surface area contributed by atoms with Crippen LogP contribution in [0.25, 0.3) is 11.0 Å². The molecule has 0 saturated carbocycles. The summed E-state index contributed by atoms with van der Waals surface area (Å²) in [6.07, 6.45) is 0.605. The molecule has 0 amide bonds. The quantitative estimate of drug-likeness (QED) is 0.781. The van der Waals surface area contributed by atoms with E-state index < -0.39 is 20.2 Å². The lowest BCUT2D eigenvalue weighted by atomic mass is 10.3. The van der Waals surface area contributed by atoms with Crippen LogP contribution in [-0.4, -0.2) is 13.9 Å². The molecule has 0 aliphatic heterocycles. The third-order valence-corrected chi connectivity index (χ3v) is 3.54. The summed E-state index contributed by atoms with van der Waals surface area (Å²) < 4.78 is 63.9. The van der Waals surface area contributed by atoms with Gasteiger partial charge in [0.1, 0.15) is 16.7 Å². The zero-order chi connectivity index (χ0) is 12.0. The van der Waals surface area contributed by atoms with E-state index >= 15 is 0 Å². The molecule has 0 radical (unpaired) electrons. The number of hydrogen-bond acceptors (Lipinski definition) is 3. The van der Waals surface area contributed by atoms with Gasteiger partial charge in [-0.15, -0.1) is 0 Å². The molecule has 7 heteroatoms. The third kappa shape index (κ3) is 1.47. The van der Waals surface area contributed by atoms with Crippen molar-refractivity contribution >= 4 is 20.8 Å². The summed E-state index contributed by atoms with van der Waals surface area (Å²) in [5, 5.41) is -0.0696. The molecule has 0 aliphatic rings. The number of alkyl halides is 3. The van der Waals surface area contributed by atoms with Gasteiger partial charge in [0.2, 0.25) is 0 Å². The molecule has 3 nitrogen and oxygen atoms in total. The number of furan rings is 1. The zero-order valence-corrected chi connectivity index (χ0v) is 8.47. The normalized spacial score (nSPS) is 13.2. The molecule has 0 atom stereocenters. The Morgan fingerprint density at radius 1 is 1.12 bits per heavy atom. The van der Waals surface area contributed by atoms with Crippen molar-refractivity contribution in [3.8, 4) is 0 Å². The highest BCUT2D eigenvalue weighted by Gasteiger charge is 2.48. The van der Waals surface area contributed by atoms with E-state index in [1.54, 1.807) is 0 Å². The van der Waals surface area contributed by atoms with Crippen molar-refractivity contribution < 1.29 is 26.0 Å². The predicted molar refractivity (Wildman–Crippen MR) is 49.5 cm³/mol. The monoisotopic (exact) mass is 250 g/mol. The fourth-order valence-electron chi connectivity index (χ4n) is 1.29. The van der Waals surface area contributed by atoms with Crippen LogP contribution in [0.5, 0.6) is 0 Å². The highest BCUT2D eigenvalue weighted by Crippen LogP contribution is 2.35. The maximum absolute atomic E-state index is 12.3. The zero-order valence-electron chi connectivity index (χ0n) is 7.65. The van der Waals surface area contributed by atoms with Crippen molar-refractivity contribution in [3.05, 3.63) is 30.5 Å². The third-order valence-electron chi connectivity index (χ3n) is 2.04. The molecular formula is C9H5F3O3S. The fraction of sp³-hybridized carbons (Fsp3) is 0.111. The Kier molecular flexibility index (Phi) is 2.23. The molecule has 0 fully saturated rings.